The Morgan fingerprint density at radius 3 is 2.27 bits per heavy atom. The van der Waals surface area contributed by atoms with E-state index in [1.54, 1.807) is 56.3 Å². The van der Waals surface area contributed by atoms with Gasteiger partial charge in [-0.25, -0.2) is 4.79 Å². The summed E-state index contributed by atoms with van der Waals surface area (Å²) in [6.45, 7) is 9.05. The van der Waals surface area contributed by atoms with Crippen LogP contribution in [0.5, 0.6) is 0 Å². The average Bonchev–Trinajstić information content (AvgIpc) is 3.44. The van der Waals surface area contributed by atoms with Crippen molar-refractivity contribution in [2.24, 2.45) is 29.1 Å². The van der Waals surface area contributed by atoms with Crippen molar-refractivity contribution < 1.29 is 39.2 Å². The molecule has 0 bridgehead atoms. The first-order valence-corrected chi connectivity index (χ1v) is 16.8. The molecule has 0 radical (unpaired) electrons. The number of hydrogen-bond donors (Lipinski definition) is 3. The highest BCUT2D eigenvalue weighted by atomic mass is 16.6. The molecule has 0 amide bonds. The van der Waals surface area contributed by atoms with Crippen LogP contribution in [0.4, 0.5) is 0 Å². The Kier molecular flexibility index (Phi) is 9.26. The van der Waals surface area contributed by atoms with Crippen molar-refractivity contribution in [3.05, 3.63) is 59.2 Å². The number of unbranched alkanes of at least 4 members (excludes halogenated alkanes) is 6. The molecule has 246 valence electrons. The van der Waals surface area contributed by atoms with E-state index in [0.717, 1.165) is 19.3 Å². The first kappa shape index (κ1) is 33.6. The number of rotatable bonds is 12. The summed E-state index contributed by atoms with van der Waals surface area (Å²) in [5, 5.41) is 35.1. The number of esters is 2. The fraction of sp³-hybridized carbons (Fsp3) is 0.649. The first-order chi connectivity index (χ1) is 21.3. The van der Waals surface area contributed by atoms with Gasteiger partial charge >= 0.3 is 11.9 Å². The van der Waals surface area contributed by atoms with Gasteiger partial charge in [0.15, 0.2) is 11.4 Å². The number of ketones is 1. The van der Waals surface area contributed by atoms with Crippen molar-refractivity contribution in [3.8, 4) is 0 Å². The van der Waals surface area contributed by atoms with Gasteiger partial charge in [0.2, 0.25) is 0 Å². The van der Waals surface area contributed by atoms with Crippen LogP contribution in [-0.4, -0.2) is 62.6 Å². The number of carbonyl (C=O) groups is 3. The van der Waals surface area contributed by atoms with Gasteiger partial charge in [-0.2, -0.15) is 0 Å². The fourth-order valence-corrected chi connectivity index (χ4v) is 9.05. The standard InChI is InChI=1S/C37H50O8/c1-6-7-8-9-10-11-15-18-29(39)45-37-30(34(37,4)5)27-20-25(22-38)21-35(42)28(19-23(2)31(35)40)36(27,43)24(3)32(37)44-33(41)26-16-13-12-14-17-26/h12-14,16-17,19-20,24,27-28,30,32,38,42-43H,6-11,15,18,21-22H2,1-5H3. The molecule has 0 aromatic heterocycles. The van der Waals surface area contributed by atoms with Crippen molar-refractivity contribution in [1.82, 2.24) is 0 Å². The summed E-state index contributed by atoms with van der Waals surface area (Å²) < 4.78 is 12.7. The smallest absolute Gasteiger partial charge is 0.338 e. The molecule has 1 aromatic carbocycles. The Bertz CT molecular complexity index is 1360. The molecule has 8 nitrogen and oxygen atoms in total. The van der Waals surface area contributed by atoms with Crippen molar-refractivity contribution in [2.75, 3.05) is 6.61 Å². The van der Waals surface area contributed by atoms with Crippen LogP contribution in [0.1, 0.15) is 103 Å². The second kappa shape index (κ2) is 12.4. The molecule has 2 fully saturated rings. The van der Waals surface area contributed by atoms with Crippen LogP contribution < -0.4 is 0 Å². The summed E-state index contributed by atoms with van der Waals surface area (Å²) in [6.07, 6.45) is 9.84. The van der Waals surface area contributed by atoms with Gasteiger partial charge in [-0.1, -0.05) is 96.6 Å². The molecule has 45 heavy (non-hydrogen) atoms. The lowest BCUT2D eigenvalue weighted by atomic mass is 9.59. The van der Waals surface area contributed by atoms with E-state index >= 15 is 0 Å². The summed E-state index contributed by atoms with van der Waals surface area (Å²) in [6, 6.07) is 8.55. The molecule has 4 aliphatic carbocycles. The summed E-state index contributed by atoms with van der Waals surface area (Å²) in [4.78, 5) is 40.5. The maximum atomic E-state index is 13.6. The van der Waals surface area contributed by atoms with Gasteiger partial charge < -0.3 is 24.8 Å². The van der Waals surface area contributed by atoms with Gasteiger partial charge in [0.25, 0.3) is 0 Å². The molecule has 3 N–H and O–H groups in total. The van der Waals surface area contributed by atoms with Gasteiger partial charge in [0.05, 0.1) is 17.8 Å². The van der Waals surface area contributed by atoms with Gasteiger partial charge in [-0.3, -0.25) is 9.59 Å². The third-order valence-electron chi connectivity index (χ3n) is 11.5. The monoisotopic (exact) mass is 622 g/mol. The van der Waals surface area contributed by atoms with Crippen LogP contribution in [0.25, 0.3) is 0 Å². The second-order valence-corrected chi connectivity index (χ2v) is 14.5. The van der Waals surface area contributed by atoms with E-state index in [0.29, 0.717) is 23.1 Å². The Morgan fingerprint density at radius 1 is 0.978 bits per heavy atom. The van der Waals surface area contributed by atoms with Crippen LogP contribution in [0.3, 0.4) is 0 Å². The molecule has 0 saturated heterocycles. The molecule has 0 heterocycles. The maximum absolute atomic E-state index is 13.6. The molecular formula is C37H50O8. The van der Waals surface area contributed by atoms with Gasteiger partial charge in [0, 0.05) is 41.9 Å². The first-order valence-electron chi connectivity index (χ1n) is 16.8. The zero-order chi connectivity index (χ0) is 32.8. The molecule has 8 atom stereocenters. The minimum absolute atomic E-state index is 0.126. The SMILES string of the molecule is CCCCCCCCCC(=O)OC12C(OC(=O)c3ccccc3)C(C)C3(O)C(C=C(CO)CC4(O)C(=O)C(C)=CC43)C1C2(C)C. The predicted molar refractivity (Wildman–Crippen MR) is 169 cm³/mol. The van der Waals surface area contributed by atoms with Crippen molar-refractivity contribution in [3.63, 3.8) is 0 Å². The van der Waals surface area contributed by atoms with E-state index in [1.807, 2.05) is 13.8 Å². The largest absolute Gasteiger partial charge is 0.454 e. The third kappa shape index (κ3) is 5.31. The minimum Gasteiger partial charge on any atom is -0.454 e. The number of Topliss-reactive ketones (excluding diaryl/α,β-unsaturated/α-hetero) is 1. The molecule has 8 unspecified atom stereocenters. The highest BCUT2D eigenvalue weighted by Gasteiger charge is 2.88. The number of carbonyl (C=O) groups excluding carboxylic acids is 3. The van der Waals surface area contributed by atoms with Crippen molar-refractivity contribution in [1.29, 1.82) is 0 Å². The van der Waals surface area contributed by atoms with E-state index in [9.17, 15) is 29.7 Å². The molecular weight excluding hydrogens is 572 g/mol. The number of aliphatic hydroxyl groups excluding tert-OH is 1. The van der Waals surface area contributed by atoms with Crippen LogP contribution in [0, 0.1) is 29.1 Å². The molecule has 4 aliphatic rings. The summed E-state index contributed by atoms with van der Waals surface area (Å²) >= 11 is 0. The molecule has 0 aliphatic heterocycles. The van der Waals surface area contributed by atoms with Crippen LogP contribution in [-0.2, 0) is 19.1 Å². The lowest BCUT2D eigenvalue weighted by Gasteiger charge is -2.53. The average molecular weight is 623 g/mol. The molecule has 8 heteroatoms. The van der Waals surface area contributed by atoms with E-state index in [4.69, 9.17) is 9.47 Å². The zero-order valence-corrected chi connectivity index (χ0v) is 27.4. The lowest BCUT2D eigenvalue weighted by molar-refractivity contribution is -0.219. The Morgan fingerprint density at radius 2 is 1.62 bits per heavy atom. The second-order valence-electron chi connectivity index (χ2n) is 14.5. The topological polar surface area (TPSA) is 130 Å². The van der Waals surface area contributed by atoms with Crippen molar-refractivity contribution >= 4 is 17.7 Å². The highest BCUT2D eigenvalue weighted by molar-refractivity contribution is 6.04. The zero-order valence-electron chi connectivity index (χ0n) is 27.4. The van der Waals surface area contributed by atoms with E-state index in [1.165, 1.54) is 19.3 Å². The number of ether oxygens (including phenoxy) is 2. The van der Waals surface area contributed by atoms with Crippen LogP contribution in [0.2, 0.25) is 0 Å². The maximum Gasteiger partial charge on any atom is 0.338 e. The number of benzene rings is 1. The van der Waals surface area contributed by atoms with Gasteiger partial charge in [-0.15, -0.1) is 0 Å². The van der Waals surface area contributed by atoms with E-state index < -0.39 is 70.4 Å². The Balaban J connectivity index is 1.52. The fourth-order valence-electron chi connectivity index (χ4n) is 9.05. The normalized spacial score (nSPS) is 36.1. The lowest BCUT2D eigenvalue weighted by Crippen LogP contribution is -2.66. The highest BCUT2D eigenvalue weighted by Crippen LogP contribution is 2.77. The molecule has 2 saturated carbocycles. The Labute approximate surface area is 266 Å². The number of hydrogen-bond acceptors (Lipinski definition) is 8. The van der Waals surface area contributed by atoms with Crippen LogP contribution in [0.15, 0.2) is 53.6 Å². The number of fused-ring (bicyclic) bond motifs is 5. The third-order valence-corrected chi connectivity index (χ3v) is 11.5. The Hall–Kier alpha value is -2.81. The minimum atomic E-state index is -1.96. The van der Waals surface area contributed by atoms with Crippen molar-refractivity contribution in [2.45, 2.75) is 115 Å². The molecule has 1 aromatic rings. The quantitative estimate of drug-likeness (QED) is 0.159. The predicted octanol–water partition coefficient (Wildman–Crippen LogP) is 5.49. The summed E-state index contributed by atoms with van der Waals surface area (Å²) in [7, 11) is 0. The van der Waals surface area contributed by atoms with Gasteiger partial charge in [0.1, 0.15) is 11.7 Å². The molecule has 0 spiro atoms. The summed E-state index contributed by atoms with van der Waals surface area (Å²) in [5.41, 5.74) is -4.61. The van der Waals surface area contributed by atoms with E-state index in [2.05, 4.69) is 6.92 Å². The molecule has 5 rings (SSSR count). The number of aliphatic hydroxyl groups is 3. The van der Waals surface area contributed by atoms with Crippen LogP contribution >= 0.6 is 0 Å². The van der Waals surface area contributed by atoms with Gasteiger partial charge in [-0.05, 0) is 36.6 Å². The van der Waals surface area contributed by atoms with E-state index in [-0.39, 0.29) is 18.8 Å². The summed E-state index contributed by atoms with van der Waals surface area (Å²) in [5.74, 6) is -4.56.